The quantitative estimate of drug-likeness (QED) is 0.106. The van der Waals surface area contributed by atoms with Gasteiger partial charge >= 0.3 is 5.97 Å². The maximum atomic E-state index is 13.1. The monoisotopic (exact) mass is 510 g/mol. The van der Waals surface area contributed by atoms with Crippen molar-refractivity contribution in [2.75, 3.05) is 6.54 Å². The maximum Gasteiger partial charge on any atom is 0.326 e. The summed E-state index contributed by atoms with van der Waals surface area (Å²) in [5, 5.41) is 16.8. The van der Waals surface area contributed by atoms with Crippen LogP contribution in [0.3, 0.4) is 0 Å². The first kappa shape index (κ1) is 30.5. The van der Waals surface area contributed by atoms with Gasteiger partial charge in [-0.25, -0.2) is 9.78 Å². The van der Waals surface area contributed by atoms with Gasteiger partial charge in [0.1, 0.15) is 18.1 Å². The summed E-state index contributed by atoms with van der Waals surface area (Å²) in [4.78, 5) is 68.5. The van der Waals surface area contributed by atoms with Gasteiger partial charge in [-0.3, -0.25) is 19.2 Å². The molecule has 0 aliphatic heterocycles. The van der Waals surface area contributed by atoms with Crippen molar-refractivity contribution in [2.24, 2.45) is 23.1 Å². The number of aliphatic carboxylic acids is 1. The van der Waals surface area contributed by atoms with E-state index in [0.29, 0.717) is 37.9 Å². The van der Waals surface area contributed by atoms with Gasteiger partial charge in [-0.15, -0.1) is 0 Å². The van der Waals surface area contributed by atoms with Crippen molar-refractivity contribution in [3.05, 3.63) is 18.2 Å². The second kappa shape index (κ2) is 15.5. The Kier molecular flexibility index (Phi) is 13.1. The number of amides is 4. The van der Waals surface area contributed by atoms with E-state index < -0.39 is 66.1 Å². The highest BCUT2D eigenvalue weighted by atomic mass is 16.4. The number of carboxylic acid groups (broad SMARTS) is 1. The number of carboxylic acids is 1. The zero-order valence-electron chi connectivity index (χ0n) is 20.7. The molecule has 11 N–H and O–H groups in total. The van der Waals surface area contributed by atoms with Crippen LogP contribution in [-0.2, 0) is 30.4 Å². The summed E-state index contributed by atoms with van der Waals surface area (Å²) in [5.74, 6) is -4.81. The lowest BCUT2D eigenvalue weighted by Gasteiger charge is -2.26. The van der Waals surface area contributed by atoms with Crippen molar-refractivity contribution < 1.29 is 29.1 Å². The lowest BCUT2D eigenvalue weighted by Crippen LogP contribution is -2.58. The number of carbonyl (C=O) groups excluding carboxylic acids is 4. The van der Waals surface area contributed by atoms with E-state index in [1.165, 1.54) is 12.5 Å². The standard InChI is InChI=1S/C22H38N8O6/c1-3-12(2)18(22(35)36)30-21(34)16(9-17(25)31)29-20(33)15(8-13-10-26-11-27-13)28-19(32)14(24)6-4-5-7-23/h10-12,14-16,18H,3-9,23-24H2,1-2H3,(H2,25,31)(H,26,27)(H,28,32)(H,29,33)(H,30,34)(H,35,36). The molecule has 0 aromatic carbocycles. The number of carbonyl (C=O) groups is 5. The van der Waals surface area contributed by atoms with Crippen LogP contribution in [0.1, 0.15) is 51.6 Å². The minimum atomic E-state index is -1.46. The molecule has 1 aromatic heterocycles. The van der Waals surface area contributed by atoms with Crippen LogP contribution in [-0.4, -0.2) is 75.4 Å². The fourth-order valence-electron chi connectivity index (χ4n) is 3.36. The molecule has 1 rings (SSSR count). The van der Waals surface area contributed by atoms with Gasteiger partial charge in [-0.2, -0.15) is 0 Å². The number of aromatic amines is 1. The number of H-pyrrole nitrogens is 1. The highest BCUT2D eigenvalue weighted by Gasteiger charge is 2.33. The van der Waals surface area contributed by atoms with Crippen molar-refractivity contribution in [3.8, 4) is 0 Å². The topological polar surface area (TPSA) is 248 Å². The number of primary amides is 1. The second-order valence-corrected chi connectivity index (χ2v) is 8.67. The maximum absolute atomic E-state index is 13.1. The van der Waals surface area contributed by atoms with E-state index in [2.05, 4.69) is 25.9 Å². The molecule has 1 aromatic rings. The van der Waals surface area contributed by atoms with E-state index in [-0.39, 0.29) is 6.42 Å². The summed E-state index contributed by atoms with van der Waals surface area (Å²) >= 11 is 0. The van der Waals surface area contributed by atoms with Gasteiger partial charge in [-0.05, 0) is 25.3 Å². The fourth-order valence-corrected chi connectivity index (χ4v) is 3.36. The lowest BCUT2D eigenvalue weighted by atomic mass is 9.98. The molecule has 14 heteroatoms. The number of nitrogens with two attached hydrogens (primary N) is 3. The number of hydrogen-bond acceptors (Lipinski definition) is 8. The molecule has 5 atom stereocenters. The molecule has 202 valence electrons. The zero-order chi connectivity index (χ0) is 27.3. The van der Waals surface area contributed by atoms with Crippen LogP contribution in [0.25, 0.3) is 0 Å². The smallest absolute Gasteiger partial charge is 0.326 e. The average Bonchev–Trinajstić information content (AvgIpc) is 3.33. The first-order chi connectivity index (χ1) is 17.0. The van der Waals surface area contributed by atoms with E-state index in [1.807, 2.05) is 0 Å². The molecule has 0 radical (unpaired) electrons. The number of hydrogen-bond donors (Lipinski definition) is 8. The largest absolute Gasteiger partial charge is 0.480 e. The van der Waals surface area contributed by atoms with E-state index in [1.54, 1.807) is 13.8 Å². The van der Waals surface area contributed by atoms with Crippen molar-refractivity contribution in [1.29, 1.82) is 0 Å². The molecule has 14 nitrogen and oxygen atoms in total. The predicted octanol–water partition coefficient (Wildman–Crippen LogP) is -2.13. The summed E-state index contributed by atoms with van der Waals surface area (Å²) in [5.41, 5.74) is 17.2. The molecule has 5 unspecified atom stereocenters. The summed E-state index contributed by atoms with van der Waals surface area (Å²) in [6.45, 7) is 3.87. The van der Waals surface area contributed by atoms with Gasteiger partial charge in [0.15, 0.2) is 0 Å². The Morgan fingerprint density at radius 1 is 1.06 bits per heavy atom. The Bertz CT molecular complexity index is 878. The fraction of sp³-hybridized carbons (Fsp3) is 0.636. The molecule has 4 amide bonds. The van der Waals surface area contributed by atoms with Crippen LogP contribution in [0.15, 0.2) is 12.5 Å². The van der Waals surface area contributed by atoms with E-state index in [4.69, 9.17) is 17.2 Å². The average molecular weight is 511 g/mol. The third-order valence-corrected chi connectivity index (χ3v) is 5.73. The Balaban J connectivity index is 3.04. The third-order valence-electron chi connectivity index (χ3n) is 5.73. The van der Waals surface area contributed by atoms with E-state index in [9.17, 15) is 29.1 Å². The summed E-state index contributed by atoms with van der Waals surface area (Å²) in [6.07, 6.45) is 4.42. The number of aromatic nitrogens is 2. The zero-order valence-corrected chi connectivity index (χ0v) is 20.7. The molecular formula is C22H38N8O6. The number of rotatable bonds is 17. The highest BCUT2D eigenvalue weighted by Crippen LogP contribution is 2.09. The Hall–Kier alpha value is -3.52. The second-order valence-electron chi connectivity index (χ2n) is 8.67. The minimum absolute atomic E-state index is 0.0113. The summed E-state index contributed by atoms with van der Waals surface area (Å²) < 4.78 is 0. The Labute approximate surface area is 209 Å². The molecule has 36 heavy (non-hydrogen) atoms. The lowest BCUT2D eigenvalue weighted by molar-refractivity contribution is -0.144. The molecule has 0 aliphatic carbocycles. The van der Waals surface area contributed by atoms with E-state index in [0.717, 1.165) is 0 Å². The first-order valence-corrected chi connectivity index (χ1v) is 11.8. The minimum Gasteiger partial charge on any atom is -0.480 e. The van der Waals surface area contributed by atoms with Gasteiger partial charge in [0.2, 0.25) is 23.6 Å². The molecule has 0 saturated heterocycles. The van der Waals surface area contributed by atoms with Crippen LogP contribution in [0, 0.1) is 5.92 Å². The van der Waals surface area contributed by atoms with Crippen LogP contribution in [0.5, 0.6) is 0 Å². The number of nitrogens with zero attached hydrogens (tertiary/aromatic N) is 1. The van der Waals surface area contributed by atoms with Crippen molar-refractivity contribution >= 4 is 29.6 Å². The third kappa shape index (κ3) is 10.4. The van der Waals surface area contributed by atoms with Crippen LogP contribution >= 0.6 is 0 Å². The molecular weight excluding hydrogens is 472 g/mol. The van der Waals surface area contributed by atoms with Crippen LogP contribution < -0.4 is 33.2 Å². The van der Waals surface area contributed by atoms with Crippen molar-refractivity contribution in [2.45, 2.75) is 76.5 Å². The van der Waals surface area contributed by atoms with Crippen LogP contribution in [0.2, 0.25) is 0 Å². The molecule has 0 fully saturated rings. The Morgan fingerprint density at radius 2 is 1.69 bits per heavy atom. The molecule has 0 saturated carbocycles. The SMILES string of the molecule is CCC(C)C(NC(=O)C(CC(N)=O)NC(=O)C(Cc1cnc[nH]1)NC(=O)C(N)CCCCN)C(=O)O. The normalized spacial score (nSPS) is 15.1. The summed E-state index contributed by atoms with van der Waals surface area (Å²) in [6, 6.07) is -4.75. The van der Waals surface area contributed by atoms with Gasteiger partial charge < -0.3 is 43.2 Å². The number of nitrogens with one attached hydrogen (secondary N) is 4. The molecule has 0 bridgehead atoms. The molecule has 0 spiro atoms. The van der Waals surface area contributed by atoms with Gasteiger partial charge in [-0.1, -0.05) is 26.7 Å². The van der Waals surface area contributed by atoms with Crippen LogP contribution in [0.4, 0.5) is 0 Å². The summed E-state index contributed by atoms with van der Waals surface area (Å²) in [7, 11) is 0. The highest BCUT2D eigenvalue weighted by molar-refractivity contribution is 5.96. The Morgan fingerprint density at radius 3 is 2.22 bits per heavy atom. The first-order valence-electron chi connectivity index (χ1n) is 11.8. The van der Waals surface area contributed by atoms with Gasteiger partial charge in [0.25, 0.3) is 0 Å². The number of unbranched alkanes of at least 4 members (excludes halogenated alkanes) is 1. The van der Waals surface area contributed by atoms with Gasteiger partial charge in [0, 0.05) is 18.3 Å². The molecule has 1 heterocycles. The molecule has 0 aliphatic rings. The van der Waals surface area contributed by atoms with Crippen molar-refractivity contribution in [1.82, 2.24) is 25.9 Å². The predicted molar refractivity (Wildman–Crippen MR) is 130 cm³/mol. The van der Waals surface area contributed by atoms with Gasteiger partial charge in [0.05, 0.1) is 18.8 Å². The van der Waals surface area contributed by atoms with Crippen molar-refractivity contribution in [3.63, 3.8) is 0 Å². The van der Waals surface area contributed by atoms with E-state index >= 15 is 0 Å². The number of imidazole rings is 1.